The van der Waals surface area contributed by atoms with E-state index in [2.05, 4.69) is 50.8 Å². The van der Waals surface area contributed by atoms with Crippen molar-refractivity contribution in [1.29, 1.82) is 0 Å². The van der Waals surface area contributed by atoms with Crippen LogP contribution in [0.2, 0.25) is 0 Å². The Morgan fingerprint density at radius 2 is 1.56 bits per heavy atom. The Bertz CT molecular complexity index is 1650. The van der Waals surface area contributed by atoms with Crippen molar-refractivity contribution in [2.45, 2.75) is 76.5 Å². The van der Waals surface area contributed by atoms with Crippen LogP contribution in [0.3, 0.4) is 0 Å². The van der Waals surface area contributed by atoms with E-state index in [0.717, 1.165) is 32.8 Å². The number of carbonyl (C=O) groups is 3. The van der Waals surface area contributed by atoms with Crippen LogP contribution >= 0.6 is 15.9 Å². The molecule has 0 aliphatic carbocycles. The first kappa shape index (κ1) is 35.3. The van der Waals surface area contributed by atoms with E-state index in [1.165, 1.54) is 0 Å². The Balaban J connectivity index is 1.29. The maximum absolute atomic E-state index is 14.2. The average Bonchev–Trinajstić information content (AvgIpc) is 3.21. The highest BCUT2D eigenvalue weighted by atomic mass is 79.9. The molecule has 1 saturated heterocycles. The van der Waals surface area contributed by atoms with Gasteiger partial charge in [-0.3, -0.25) is 9.59 Å². The Morgan fingerprint density at radius 3 is 2.23 bits per heavy atom. The van der Waals surface area contributed by atoms with Crippen LogP contribution in [0, 0.1) is 0 Å². The molecule has 1 fully saturated rings. The van der Waals surface area contributed by atoms with Gasteiger partial charge in [-0.2, -0.15) is 0 Å². The molecule has 0 saturated carbocycles. The van der Waals surface area contributed by atoms with E-state index in [-0.39, 0.29) is 23.7 Å². The third kappa shape index (κ3) is 10.0. The minimum absolute atomic E-state index is 0.00460. The molecule has 1 heterocycles. The highest BCUT2D eigenvalue weighted by Gasteiger charge is 2.32. The molecule has 1 aliphatic heterocycles. The molecule has 0 spiro atoms. The number of ether oxygens (including phenoxy) is 1. The summed E-state index contributed by atoms with van der Waals surface area (Å²) in [5.74, 6) is 0.177. The van der Waals surface area contributed by atoms with E-state index >= 15 is 0 Å². The largest absolute Gasteiger partial charge is 0.444 e. The quantitative estimate of drug-likeness (QED) is 0.114. The zero-order valence-electron chi connectivity index (χ0n) is 28.1. The van der Waals surface area contributed by atoms with Crippen molar-refractivity contribution in [2.75, 3.05) is 19.6 Å². The molecule has 5 rings (SSSR count). The smallest absolute Gasteiger partial charge is 0.407 e. The van der Waals surface area contributed by atoms with Gasteiger partial charge >= 0.3 is 6.09 Å². The van der Waals surface area contributed by atoms with Crippen molar-refractivity contribution in [3.8, 4) is 0 Å². The Labute approximate surface area is 292 Å². The van der Waals surface area contributed by atoms with Crippen molar-refractivity contribution >= 4 is 44.5 Å². The van der Waals surface area contributed by atoms with Gasteiger partial charge in [0.25, 0.3) is 0 Å². The second-order valence-electron chi connectivity index (χ2n) is 13.6. The van der Waals surface area contributed by atoms with E-state index in [0.29, 0.717) is 50.9 Å². The molecule has 0 bridgehead atoms. The molecular formula is C40H46BrN3O4. The number of halogens is 1. The molecule has 1 aliphatic rings. The van der Waals surface area contributed by atoms with E-state index < -0.39 is 17.7 Å². The fourth-order valence-electron chi connectivity index (χ4n) is 6.34. The normalized spacial score (nSPS) is 16.9. The highest BCUT2D eigenvalue weighted by molar-refractivity contribution is 9.10. The number of benzene rings is 4. The summed E-state index contributed by atoms with van der Waals surface area (Å²) >= 11 is 3.52. The lowest BCUT2D eigenvalue weighted by Crippen LogP contribution is -2.47. The number of rotatable bonds is 12. The van der Waals surface area contributed by atoms with Gasteiger partial charge < -0.3 is 20.3 Å². The van der Waals surface area contributed by atoms with Crippen molar-refractivity contribution in [2.24, 2.45) is 0 Å². The fraction of sp³-hybridized carbons (Fsp3) is 0.375. The molecule has 0 radical (unpaired) electrons. The minimum atomic E-state index is -0.577. The number of ketones is 1. The summed E-state index contributed by atoms with van der Waals surface area (Å²) in [6, 6.07) is 32.1. The van der Waals surface area contributed by atoms with Gasteiger partial charge in [0.15, 0.2) is 5.78 Å². The van der Waals surface area contributed by atoms with Crippen LogP contribution < -0.4 is 10.6 Å². The lowest BCUT2D eigenvalue weighted by atomic mass is 9.90. The number of fused-ring (bicyclic) bond motifs is 1. The Kier molecular flexibility index (Phi) is 12.1. The van der Waals surface area contributed by atoms with Crippen molar-refractivity contribution in [3.63, 3.8) is 0 Å². The number of nitrogens with zero attached hydrogens (tertiary/aromatic N) is 1. The summed E-state index contributed by atoms with van der Waals surface area (Å²) in [4.78, 5) is 41.8. The van der Waals surface area contributed by atoms with Gasteiger partial charge in [-0.1, -0.05) is 94.8 Å². The number of hydrogen-bond donors (Lipinski definition) is 2. The highest BCUT2D eigenvalue weighted by Crippen LogP contribution is 2.28. The van der Waals surface area contributed by atoms with Crippen LogP contribution in [0.5, 0.6) is 0 Å². The topological polar surface area (TPSA) is 87.7 Å². The third-order valence-electron chi connectivity index (χ3n) is 8.78. The van der Waals surface area contributed by atoms with Crippen LogP contribution in [0.1, 0.15) is 80.3 Å². The molecule has 8 heteroatoms. The fourth-order valence-corrected chi connectivity index (χ4v) is 6.72. The third-order valence-corrected chi connectivity index (χ3v) is 9.28. The summed E-state index contributed by atoms with van der Waals surface area (Å²) in [6.45, 7) is 7.05. The number of carbonyl (C=O) groups excluding carboxylic acids is 3. The molecule has 0 unspecified atom stereocenters. The van der Waals surface area contributed by atoms with Crippen LogP contribution in [-0.4, -0.2) is 60.0 Å². The van der Waals surface area contributed by atoms with Gasteiger partial charge in [-0.05, 0) is 86.6 Å². The molecule has 4 aromatic carbocycles. The predicted molar refractivity (Wildman–Crippen MR) is 195 cm³/mol. The summed E-state index contributed by atoms with van der Waals surface area (Å²) in [5, 5.41) is 8.56. The monoisotopic (exact) mass is 711 g/mol. The maximum atomic E-state index is 14.2. The lowest BCUT2D eigenvalue weighted by Gasteiger charge is -2.29. The lowest BCUT2D eigenvalue weighted by molar-refractivity contribution is -0.133. The van der Waals surface area contributed by atoms with E-state index in [1.54, 1.807) is 0 Å². The standard InChI is InChI=1S/C40H46BrN3O4/c1-40(2,3)48-39(47)42-23-10-15-36-38(46)44(27-35(28-11-6-4-7-12-28)29-13-8-5-9-14-29)24-22-34(43-36)20-21-37(45)32-17-16-31-26-33(41)19-18-30(31)25-32/h4-9,11-14,16-19,25-26,34-36,43H,10,15,20-24,27H2,1-3H3,(H,42,47)/t34-,36+/m1/s1. The van der Waals surface area contributed by atoms with Crippen LogP contribution in [0.15, 0.2) is 102 Å². The number of alkyl carbamates (subject to hydrolysis) is 1. The van der Waals surface area contributed by atoms with E-state index in [4.69, 9.17) is 4.74 Å². The summed E-state index contributed by atoms with van der Waals surface area (Å²) in [5.41, 5.74) is 2.45. The van der Waals surface area contributed by atoms with Gasteiger partial charge in [0, 0.05) is 48.1 Å². The molecule has 252 valence electrons. The first-order chi connectivity index (χ1) is 23.1. The molecule has 2 N–H and O–H groups in total. The predicted octanol–water partition coefficient (Wildman–Crippen LogP) is 8.26. The molecule has 0 aromatic heterocycles. The van der Waals surface area contributed by atoms with Crippen molar-refractivity contribution in [3.05, 3.63) is 118 Å². The Hall–Kier alpha value is -4.01. The van der Waals surface area contributed by atoms with Gasteiger partial charge in [0.05, 0.1) is 6.04 Å². The van der Waals surface area contributed by atoms with Gasteiger partial charge in [0.2, 0.25) is 5.91 Å². The molecule has 4 aromatic rings. The molecule has 7 nitrogen and oxygen atoms in total. The number of Topliss-reactive ketones (excluding diaryl/α,β-unsaturated/α-hetero) is 1. The first-order valence-electron chi connectivity index (χ1n) is 16.9. The Morgan fingerprint density at radius 1 is 0.917 bits per heavy atom. The van der Waals surface area contributed by atoms with Crippen LogP contribution in [-0.2, 0) is 9.53 Å². The van der Waals surface area contributed by atoms with Crippen LogP contribution in [0.25, 0.3) is 10.8 Å². The number of nitrogens with one attached hydrogen (secondary N) is 2. The molecule has 2 atom stereocenters. The number of amides is 2. The summed E-state index contributed by atoms with van der Waals surface area (Å²) in [6.07, 6.45) is 2.46. The molecule has 48 heavy (non-hydrogen) atoms. The van der Waals surface area contributed by atoms with Gasteiger partial charge in [-0.25, -0.2) is 4.79 Å². The second-order valence-corrected chi connectivity index (χ2v) is 14.5. The van der Waals surface area contributed by atoms with Gasteiger partial charge in [-0.15, -0.1) is 0 Å². The number of hydrogen-bond acceptors (Lipinski definition) is 5. The maximum Gasteiger partial charge on any atom is 0.407 e. The summed E-state index contributed by atoms with van der Waals surface area (Å²) < 4.78 is 6.38. The molecular weight excluding hydrogens is 666 g/mol. The van der Waals surface area contributed by atoms with Crippen LogP contribution in [0.4, 0.5) is 4.79 Å². The zero-order valence-corrected chi connectivity index (χ0v) is 29.7. The zero-order chi connectivity index (χ0) is 34.1. The van der Waals surface area contributed by atoms with Crippen molar-refractivity contribution in [1.82, 2.24) is 15.5 Å². The molecule has 2 amide bonds. The van der Waals surface area contributed by atoms with Gasteiger partial charge in [0.1, 0.15) is 5.60 Å². The average molecular weight is 713 g/mol. The SMILES string of the molecule is CC(C)(C)OC(=O)NCCC[C@@H]1N[C@H](CCC(=O)c2ccc3cc(Br)ccc3c2)CCN(CC(c2ccccc2)c2ccccc2)C1=O. The van der Waals surface area contributed by atoms with Crippen molar-refractivity contribution < 1.29 is 19.1 Å². The summed E-state index contributed by atoms with van der Waals surface area (Å²) in [7, 11) is 0. The van der Waals surface area contributed by atoms with E-state index in [1.807, 2.05) is 98.5 Å². The van der Waals surface area contributed by atoms with E-state index in [9.17, 15) is 14.4 Å². The first-order valence-corrected chi connectivity index (χ1v) is 17.7. The second kappa shape index (κ2) is 16.4. The minimum Gasteiger partial charge on any atom is -0.444 e.